The van der Waals surface area contributed by atoms with Crippen LogP contribution in [0.5, 0.6) is 0 Å². The Morgan fingerprint density at radius 1 is 1.14 bits per heavy atom. The van der Waals surface area contributed by atoms with Crippen LogP contribution in [-0.4, -0.2) is 57.8 Å². The Hall–Kier alpha value is -2.92. The highest BCUT2D eigenvalue weighted by atomic mass is 19.4. The Morgan fingerprint density at radius 2 is 1.89 bits per heavy atom. The van der Waals surface area contributed by atoms with Gasteiger partial charge in [-0.25, -0.2) is 18.7 Å². The lowest BCUT2D eigenvalue weighted by Gasteiger charge is -2.45. The molecule has 5 rings (SSSR count). The average molecular weight is 508 g/mol. The molecule has 2 fully saturated rings. The summed E-state index contributed by atoms with van der Waals surface area (Å²) in [6.45, 7) is 3.40. The first kappa shape index (κ1) is 24.8. The number of ether oxygens (including phenoxy) is 1. The first-order chi connectivity index (χ1) is 17.0. The second-order valence-corrected chi connectivity index (χ2v) is 9.66. The topological polar surface area (TPSA) is 59.7 Å². The number of halogens is 5. The molecule has 0 radical (unpaired) electrons. The first-order valence-electron chi connectivity index (χ1n) is 11.8. The fraction of sp³-hybridized carbons (Fsp3) is 0.480. The van der Waals surface area contributed by atoms with Gasteiger partial charge in [0, 0.05) is 60.6 Å². The Labute approximate surface area is 203 Å². The second kappa shape index (κ2) is 9.19. The largest absolute Gasteiger partial charge is 0.401 e. The van der Waals surface area contributed by atoms with Crippen LogP contribution in [0.2, 0.25) is 0 Å². The third kappa shape index (κ3) is 4.73. The SMILES string of the molecule is Cc1nc2c(-c3ccc(F)cc3F)nc([C@H]3CCO[C@@H](C4CN(CC(F)(F)F)C4)C3)cn2c(=O)c1C. The van der Waals surface area contributed by atoms with Gasteiger partial charge in [-0.05, 0) is 38.8 Å². The van der Waals surface area contributed by atoms with E-state index in [2.05, 4.69) is 4.98 Å². The molecule has 0 aliphatic carbocycles. The van der Waals surface area contributed by atoms with Gasteiger partial charge < -0.3 is 4.74 Å². The van der Waals surface area contributed by atoms with Gasteiger partial charge in [0.15, 0.2) is 5.65 Å². The summed E-state index contributed by atoms with van der Waals surface area (Å²) in [4.78, 5) is 23.6. The van der Waals surface area contributed by atoms with Crippen LogP contribution in [0.25, 0.3) is 16.9 Å². The molecule has 0 amide bonds. The number of rotatable bonds is 4. The molecular weight excluding hydrogens is 483 g/mol. The minimum absolute atomic E-state index is 0.0243. The van der Waals surface area contributed by atoms with E-state index in [1.165, 1.54) is 15.4 Å². The summed E-state index contributed by atoms with van der Waals surface area (Å²) < 4.78 is 73.6. The predicted octanol–water partition coefficient (Wildman–Crippen LogP) is 4.41. The predicted molar refractivity (Wildman–Crippen MR) is 122 cm³/mol. The Balaban J connectivity index is 1.50. The molecule has 2 aliphatic rings. The zero-order valence-corrected chi connectivity index (χ0v) is 19.8. The number of aryl methyl sites for hydroxylation is 1. The van der Waals surface area contributed by atoms with E-state index in [0.29, 0.717) is 49.5 Å². The van der Waals surface area contributed by atoms with Gasteiger partial charge in [0.2, 0.25) is 0 Å². The summed E-state index contributed by atoms with van der Waals surface area (Å²) in [5.41, 5.74) is 1.48. The summed E-state index contributed by atoms with van der Waals surface area (Å²) in [7, 11) is 0. The molecule has 11 heteroatoms. The maximum atomic E-state index is 14.8. The van der Waals surface area contributed by atoms with Crippen molar-refractivity contribution in [2.75, 3.05) is 26.2 Å². The number of fused-ring (bicyclic) bond motifs is 1. The highest BCUT2D eigenvalue weighted by Gasteiger charge is 2.42. The number of alkyl halides is 3. The summed E-state index contributed by atoms with van der Waals surface area (Å²) in [6.07, 6.45) is -1.77. The van der Waals surface area contributed by atoms with Crippen molar-refractivity contribution in [3.63, 3.8) is 0 Å². The van der Waals surface area contributed by atoms with E-state index in [1.807, 2.05) is 0 Å². The molecule has 6 nitrogen and oxygen atoms in total. The molecule has 0 unspecified atom stereocenters. The van der Waals surface area contributed by atoms with Crippen molar-refractivity contribution >= 4 is 5.65 Å². The smallest absolute Gasteiger partial charge is 0.378 e. The molecule has 1 aromatic carbocycles. The first-order valence-corrected chi connectivity index (χ1v) is 11.8. The third-order valence-electron chi connectivity index (χ3n) is 7.13. The second-order valence-electron chi connectivity index (χ2n) is 9.66. The number of aromatic nitrogens is 3. The minimum atomic E-state index is -4.24. The van der Waals surface area contributed by atoms with Crippen molar-refractivity contribution in [1.29, 1.82) is 0 Å². The summed E-state index contributed by atoms with van der Waals surface area (Å²) in [5.74, 6) is -1.74. The van der Waals surface area contributed by atoms with Gasteiger partial charge in [-0.2, -0.15) is 13.2 Å². The third-order valence-corrected chi connectivity index (χ3v) is 7.13. The van der Waals surface area contributed by atoms with Crippen LogP contribution in [0.3, 0.4) is 0 Å². The van der Waals surface area contributed by atoms with Gasteiger partial charge in [-0.3, -0.25) is 14.1 Å². The highest BCUT2D eigenvalue weighted by Crippen LogP contribution is 2.37. The Bertz CT molecular complexity index is 1370. The summed E-state index contributed by atoms with van der Waals surface area (Å²) in [5, 5.41) is 0. The van der Waals surface area contributed by atoms with Crippen LogP contribution in [0.4, 0.5) is 22.0 Å². The quantitative estimate of drug-likeness (QED) is 0.489. The molecule has 0 spiro atoms. The van der Waals surface area contributed by atoms with Crippen LogP contribution < -0.4 is 5.56 Å². The molecule has 2 atom stereocenters. The molecule has 36 heavy (non-hydrogen) atoms. The lowest BCUT2D eigenvalue weighted by atomic mass is 9.83. The van der Waals surface area contributed by atoms with Gasteiger partial charge in [0.25, 0.3) is 5.56 Å². The van der Waals surface area contributed by atoms with Crippen molar-refractivity contribution in [2.24, 2.45) is 5.92 Å². The van der Waals surface area contributed by atoms with Crippen molar-refractivity contribution in [3.8, 4) is 11.3 Å². The van der Waals surface area contributed by atoms with E-state index in [4.69, 9.17) is 9.72 Å². The Kier molecular flexibility index (Phi) is 6.32. The molecule has 192 valence electrons. The molecule has 0 saturated carbocycles. The number of benzene rings is 1. The van der Waals surface area contributed by atoms with Gasteiger partial charge in [0.1, 0.15) is 17.3 Å². The van der Waals surface area contributed by atoms with E-state index < -0.39 is 24.4 Å². The van der Waals surface area contributed by atoms with Crippen LogP contribution in [0.1, 0.15) is 35.7 Å². The van der Waals surface area contributed by atoms with Gasteiger partial charge in [0.05, 0.1) is 18.3 Å². The maximum absolute atomic E-state index is 14.8. The number of hydrogen-bond acceptors (Lipinski definition) is 5. The molecule has 2 aliphatic heterocycles. The molecule has 4 heterocycles. The number of nitrogens with zero attached hydrogens (tertiary/aromatic N) is 4. The van der Waals surface area contributed by atoms with Gasteiger partial charge in [-0.15, -0.1) is 0 Å². The molecule has 0 bridgehead atoms. The number of likely N-dealkylation sites (tertiary alicyclic amines) is 1. The van der Waals surface area contributed by atoms with E-state index in [9.17, 15) is 26.7 Å². The van der Waals surface area contributed by atoms with Crippen LogP contribution in [0.15, 0.2) is 29.2 Å². The fourth-order valence-corrected chi connectivity index (χ4v) is 5.07. The molecule has 0 N–H and O–H groups in total. The monoisotopic (exact) mass is 508 g/mol. The normalized spacial score (nSPS) is 21.6. The molecule has 3 aromatic rings. The zero-order chi connectivity index (χ0) is 25.8. The number of hydrogen-bond donors (Lipinski definition) is 0. The average Bonchev–Trinajstić information content (AvgIpc) is 2.79. The van der Waals surface area contributed by atoms with Crippen LogP contribution in [-0.2, 0) is 4.74 Å². The zero-order valence-electron chi connectivity index (χ0n) is 19.8. The van der Waals surface area contributed by atoms with E-state index in [1.54, 1.807) is 20.0 Å². The van der Waals surface area contributed by atoms with E-state index >= 15 is 0 Å². The Morgan fingerprint density at radius 3 is 2.58 bits per heavy atom. The maximum Gasteiger partial charge on any atom is 0.401 e. The molecule has 2 saturated heterocycles. The minimum Gasteiger partial charge on any atom is -0.378 e. The fourth-order valence-electron chi connectivity index (χ4n) is 5.07. The highest BCUT2D eigenvalue weighted by molar-refractivity contribution is 5.74. The lowest BCUT2D eigenvalue weighted by Crippen LogP contribution is -2.55. The van der Waals surface area contributed by atoms with Gasteiger partial charge in [-0.1, -0.05) is 0 Å². The molecular formula is C25H25F5N4O2. The summed E-state index contributed by atoms with van der Waals surface area (Å²) in [6, 6.07) is 3.15. The summed E-state index contributed by atoms with van der Waals surface area (Å²) >= 11 is 0. The van der Waals surface area contributed by atoms with Crippen LogP contribution in [0, 0.1) is 31.4 Å². The van der Waals surface area contributed by atoms with Crippen LogP contribution >= 0.6 is 0 Å². The van der Waals surface area contributed by atoms with Crippen molar-refractivity contribution in [3.05, 3.63) is 63.3 Å². The lowest BCUT2D eigenvalue weighted by molar-refractivity contribution is -0.169. The van der Waals surface area contributed by atoms with Crippen molar-refractivity contribution in [1.82, 2.24) is 19.3 Å². The van der Waals surface area contributed by atoms with Gasteiger partial charge >= 0.3 is 6.18 Å². The molecule has 2 aromatic heterocycles. The standard InChI is InChI=1S/C25H25F5N4O2/c1-13-14(2)31-23-22(18-4-3-17(26)8-19(18)27)32-20(11-34(23)24(13)35)15-5-6-36-21(7-15)16-9-33(10-16)12-25(28,29)30/h3-4,8,11,15-16,21H,5-7,9-10,12H2,1-2H3/t15-,21+/m0/s1. The van der Waals surface area contributed by atoms with E-state index in [-0.39, 0.29) is 40.4 Å². The van der Waals surface area contributed by atoms with Crippen molar-refractivity contribution < 1.29 is 26.7 Å². The van der Waals surface area contributed by atoms with E-state index in [0.717, 1.165) is 12.1 Å². The van der Waals surface area contributed by atoms with Crippen molar-refractivity contribution in [2.45, 2.75) is 44.9 Å².